The molecule has 1 aliphatic rings. The van der Waals surface area contributed by atoms with Crippen molar-refractivity contribution in [1.29, 1.82) is 0 Å². The maximum Gasteiger partial charge on any atom is 0.318 e. The number of carbonyl (C=O) groups is 2. The van der Waals surface area contributed by atoms with Gasteiger partial charge in [0.2, 0.25) is 5.91 Å². The molecule has 1 aliphatic carbocycles. The lowest BCUT2D eigenvalue weighted by Crippen LogP contribution is -2.36. The van der Waals surface area contributed by atoms with Gasteiger partial charge in [0.25, 0.3) is 5.56 Å². The molecule has 0 bridgehead atoms. The van der Waals surface area contributed by atoms with Crippen LogP contribution in [0.25, 0.3) is 15.9 Å². The van der Waals surface area contributed by atoms with Gasteiger partial charge in [-0.1, -0.05) is 30.3 Å². The van der Waals surface area contributed by atoms with Crippen LogP contribution in [0.1, 0.15) is 23.8 Å². The number of benzene rings is 1. The Kier molecular flexibility index (Phi) is 5.86. The number of hydrogen-bond acceptors (Lipinski definition) is 6. The van der Waals surface area contributed by atoms with Gasteiger partial charge in [-0.3, -0.25) is 19.5 Å². The maximum atomic E-state index is 13.6. The van der Waals surface area contributed by atoms with Crippen molar-refractivity contribution < 1.29 is 9.59 Å². The Morgan fingerprint density at radius 2 is 2.10 bits per heavy atom. The van der Waals surface area contributed by atoms with Crippen molar-refractivity contribution in [1.82, 2.24) is 14.9 Å². The second-order valence-corrected chi connectivity index (χ2v) is 9.71. The van der Waals surface area contributed by atoms with Crippen LogP contribution in [-0.2, 0) is 17.6 Å². The highest BCUT2D eigenvalue weighted by Gasteiger charge is 2.25. The van der Waals surface area contributed by atoms with E-state index < -0.39 is 11.9 Å². The molecule has 0 aliphatic heterocycles. The van der Waals surface area contributed by atoms with Crippen molar-refractivity contribution in [3.63, 3.8) is 0 Å². The van der Waals surface area contributed by atoms with Crippen LogP contribution in [0.3, 0.4) is 0 Å². The molecule has 1 unspecified atom stereocenters. The molecular formula is C20H19ClN4O3S2. The highest BCUT2D eigenvalue weighted by atomic mass is 35.5. The van der Waals surface area contributed by atoms with Crippen molar-refractivity contribution >= 4 is 56.9 Å². The molecule has 2 aromatic heterocycles. The normalized spacial score (nSPS) is 15.7. The fraction of sp³-hybridized carbons (Fsp3) is 0.300. The Hall–Kier alpha value is -2.36. The average Bonchev–Trinajstić information content (AvgIpc) is 3.04. The summed E-state index contributed by atoms with van der Waals surface area (Å²) in [5.74, 6) is -0.0736. The zero-order valence-electron chi connectivity index (χ0n) is 16.1. The number of aromatic nitrogens is 2. The summed E-state index contributed by atoms with van der Waals surface area (Å²) >= 11 is 8.64. The molecular weight excluding hydrogens is 444 g/mol. The van der Waals surface area contributed by atoms with Crippen molar-refractivity contribution in [2.75, 3.05) is 5.75 Å². The number of amides is 3. The summed E-state index contributed by atoms with van der Waals surface area (Å²) in [5, 5.41) is 3.61. The summed E-state index contributed by atoms with van der Waals surface area (Å²) in [5.41, 5.74) is 6.55. The summed E-state index contributed by atoms with van der Waals surface area (Å²) < 4.78 is 1.51. The molecule has 2 heterocycles. The quantitative estimate of drug-likeness (QED) is 0.455. The van der Waals surface area contributed by atoms with Crippen LogP contribution in [0, 0.1) is 5.92 Å². The highest BCUT2D eigenvalue weighted by Crippen LogP contribution is 2.37. The molecule has 3 amide bonds. The molecule has 0 saturated carbocycles. The van der Waals surface area contributed by atoms with Gasteiger partial charge in [-0.25, -0.2) is 9.78 Å². The van der Waals surface area contributed by atoms with Crippen LogP contribution in [0.15, 0.2) is 34.2 Å². The van der Waals surface area contributed by atoms with Crippen molar-refractivity contribution in [2.24, 2.45) is 11.7 Å². The largest absolute Gasteiger partial charge is 0.351 e. The fourth-order valence-corrected chi connectivity index (χ4v) is 5.95. The topological polar surface area (TPSA) is 107 Å². The van der Waals surface area contributed by atoms with Crippen LogP contribution in [0.4, 0.5) is 4.79 Å². The number of halogens is 1. The standard InChI is InChI=1S/C20H19ClN4O3S2/c1-10-2-7-13-14(8-10)30-17-16(13)18(27)25(12-5-3-11(21)4-6-12)20(24-17)29-9-15(26)23-19(22)28/h3-6,10H,2,7-9H2,1H3,(H3,22,23,26,28). The molecule has 10 heteroatoms. The van der Waals surface area contributed by atoms with E-state index in [0.717, 1.165) is 36.6 Å². The predicted octanol–water partition coefficient (Wildman–Crippen LogP) is 3.51. The fourth-order valence-electron chi connectivity index (χ4n) is 3.59. The molecule has 0 radical (unpaired) electrons. The van der Waals surface area contributed by atoms with Crippen LogP contribution in [-0.4, -0.2) is 27.2 Å². The number of hydrogen-bond donors (Lipinski definition) is 2. The van der Waals surface area contributed by atoms with Crippen LogP contribution in [0.2, 0.25) is 5.02 Å². The number of thioether (sulfide) groups is 1. The van der Waals surface area contributed by atoms with E-state index in [0.29, 0.717) is 32.0 Å². The number of carbonyl (C=O) groups excluding carboxylic acids is 2. The minimum absolute atomic E-state index is 0.101. The molecule has 3 N–H and O–H groups in total. The van der Waals surface area contributed by atoms with Crippen molar-refractivity contribution in [2.45, 2.75) is 31.3 Å². The first-order valence-electron chi connectivity index (χ1n) is 9.38. The van der Waals surface area contributed by atoms with Crippen LogP contribution >= 0.6 is 34.7 Å². The highest BCUT2D eigenvalue weighted by molar-refractivity contribution is 7.99. The van der Waals surface area contributed by atoms with Gasteiger partial charge < -0.3 is 5.73 Å². The van der Waals surface area contributed by atoms with E-state index in [2.05, 4.69) is 6.92 Å². The first kappa shape index (κ1) is 20.9. The number of nitrogens with two attached hydrogens (primary N) is 1. The molecule has 7 nitrogen and oxygen atoms in total. The molecule has 0 saturated heterocycles. The monoisotopic (exact) mass is 462 g/mol. The predicted molar refractivity (Wildman–Crippen MR) is 120 cm³/mol. The second-order valence-electron chi connectivity index (χ2n) is 7.24. The van der Waals surface area contributed by atoms with Crippen LogP contribution < -0.4 is 16.6 Å². The lowest BCUT2D eigenvalue weighted by Gasteiger charge is -2.17. The van der Waals surface area contributed by atoms with Gasteiger partial charge in [0.05, 0.1) is 16.8 Å². The van der Waals surface area contributed by atoms with Crippen molar-refractivity contribution in [3.8, 4) is 5.69 Å². The smallest absolute Gasteiger partial charge is 0.318 e. The summed E-state index contributed by atoms with van der Waals surface area (Å²) in [7, 11) is 0. The zero-order valence-corrected chi connectivity index (χ0v) is 18.5. The Balaban J connectivity index is 1.84. The third kappa shape index (κ3) is 4.10. The number of aryl methyl sites for hydroxylation is 1. The third-order valence-corrected chi connectivity index (χ3v) is 7.32. The number of fused-ring (bicyclic) bond motifs is 3. The van der Waals surface area contributed by atoms with E-state index in [1.54, 1.807) is 35.6 Å². The molecule has 156 valence electrons. The van der Waals surface area contributed by atoms with E-state index in [9.17, 15) is 14.4 Å². The average molecular weight is 463 g/mol. The van der Waals surface area contributed by atoms with Gasteiger partial charge in [-0.2, -0.15) is 0 Å². The Morgan fingerprint density at radius 3 is 2.80 bits per heavy atom. The van der Waals surface area contributed by atoms with Gasteiger partial charge in [-0.05, 0) is 55.0 Å². The van der Waals surface area contributed by atoms with E-state index in [1.807, 2.05) is 5.32 Å². The number of nitrogens with one attached hydrogen (secondary N) is 1. The SMILES string of the molecule is CC1CCc2c(sc3nc(SCC(=O)NC(N)=O)n(-c4ccc(Cl)cc4)c(=O)c23)C1. The lowest BCUT2D eigenvalue weighted by molar-refractivity contribution is -0.117. The number of urea groups is 1. The van der Waals surface area contributed by atoms with E-state index in [4.69, 9.17) is 22.3 Å². The minimum Gasteiger partial charge on any atom is -0.351 e. The molecule has 4 rings (SSSR count). The molecule has 0 fully saturated rings. The maximum absolute atomic E-state index is 13.6. The second kappa shape index (κ2) is 8.41. The van der Waals surface area contributed by atoms with Crippen LogP contribution in [0.5, 0.6) is 0 Å². The third-order valence-electron chi connectivity index (χ3n) is 4.98. The Morgan fingerprint density at radius 1 is 1.37 bits per heavy atom. The Bertz CT molecular complexity index is 1200. The number of nitrogens with zero attached hydrogens (tertiary/aromatic N) is 2. The molecule has 1 atom stereocenters. The summed E-state index contributed by atoms with van der Waals surface area (Å²) in [4.78, 5) is 43.0. The number of primary amides is 1. The molecule has 0 spiro atoms. The minimum atomic E-state index is -0.917. The molecule has 30 heavy (non-hydrogen) atoms. The first-order valence-corrected chi connectivity index (χ1v) is 11.6. The van der Waals surface area contributed by atoms with Gasteiger partial charge in [0.15, 0.2) is 5.16 Å². The van der Waals surface area contributed by atoms with Gasteiger partial charge in [-0.15, -0.1) is 11.3 Å². The molecule has 1 aromatic carbocycles. The van der Waals surface area contributed by atoms with Gasteiger partial charge in [0.1, 0.15) is 4.83 Å². The van der Waals surface area contributed by atoms with Gasteiger partial charge >= 0.3 is 6.03 Å². The zero-order chi connectivity index (χ0) is 21.4. The van der Waals surface area contributed by atoms with E-state index >= 15 is 0 Å². The van der Waals surface area contributed by atoms with E-state index in [1.165, 1.54) is 9.44 Å². The number of imide groups is 1. The van der Waals surface area contributed by atoms with Gasteiger partial charge in [0, 0.05) is 9.90 Å². The first-order chi connectivity index (χ1) is 14.3. The number of thiophene rings is 1. The Labute approximate surface area is 185 Å². The van der Waals surface area contributed by atoms with E-state index in [-0.39, 0.29) is 11.3 Å². The molecule has 3 aromatic rings. The number of rotatable bonds is 4. The summed E-state index contributed by atoms with van der Waals surface area (Å²) in [6, 6.07) is 5.97. The lowest BCUT2D eigenvalue weighted by atomic mass is 9.89. The summed E-state index contributed by atoms with van der Waals surface area (Å²) in [6.45, 7) is 2.21. The summed E-state index contributed by atoms with van der Waals surface area (Å²) in [6.07, 6.45) is 2.85. The van der Waals surface area contributed by atoms with Crippen molar-refractivity contribution in [3.05, 3.63) is 50.1 Å².